The second kappa shape index (κ2) is 7.59. The summed E-state index contributed by atoms with van der Waals surface area (Å²) >= 11 is 12.7. The van der Waals surface area contributed by atoms with Gasteiger partial charge in [0.2, 0.25) is 10.0 Å². The zero-order chi connectivity index (χ0) is 15.5. The van der Waals surface area contributed by atoms with Gasteiger partial charge in [-0.2, -0.15) is 0 Å². The molecular weight excluding hydrogens is 355 g/mol. The van der Waals surface area contributed by atoms with Crippen LogP contribution in [0.1, 0.15) is 19.3 Å². The average Bonchev–Trinajstić information content (AvgIpc) is 2.77. The van der Waals surface area contributed by atoms with E-state index in [0.29, 0.717) is 17.3 Å². The summed E-state index contributed by atoms with van der Waals surface area (Å²) in [7, 11) is -3.60. The summed E-state index contributed by atoms with van der Waals surface area (Å²) in [5.41, 5.74) is 0. The van der Waals surface area contributed by atoms with Gasteiger partial charge in [-0.3, -0.25) is 0 Å². The molecule has 1 aromatic rings. The third-order valence-corrected chi connectivity index (χ3v) is 6.63. The molecule has 0 atom stereocenters. The van der Waals surface area contributed by atoms with Crippen LogP contribution in [0, 0.1) is 0 Å². The molecule has 9 heteroatoms. The lowest BCUT2D eigenvalue weighted by molar-refractivity contribution is 0.0823. The predicted molar refractivity (Wildman–Crippen MR) is 85.8 cm³/mol. The minimum atomic E-state index is -3.60. The maximum Gasteiger partial charge on any atom is 0.242 e. The minimum absolute atomic E-state index is 0.0419. The molecule has 0 amide bonds. The van der Waals surface area contributed by atoms with Crippen molar-refractivity contribution in [1.82, 2.24) is 9.62 Å². The Bertz CT molecular complexity index is 569. The Morgan fingerprint density at radius 2 is 2.05 bits per heavy atom. The summed E-state index contributed by atoms with van der Waals surface area (Å²) in [5, 5.41) is 9.42. The Morgan fingerprint density at radius 1 is 1.38 bits per heavy atom. The first-order chi connectivity index (χ1) is 9.88. The summed E-state index contributed by atoms with van der Waals surface area (Å²) in [6, 6.07) is 1.36. The molecule has 0 bridgehead atoms. The smallest absolute Gasteiger partial charge is 0.242 e. The van der Waals surface area contributed by atoms with E-state index < -0.39 is 10.0 Å². The normalized spacial score (nSPS) is 18.2. The van der Waals surface area contributed by atoms with E-state index in [4.69, 9.17) is 23.2 Å². The topological polar surface area (TPSA) is 69.6 Å². The van der Waals surface area contributed by atoms with Crippen molar-refractivity contribution >= 4 is 44.6 Å². The molecule has 1 aromatic heterocycles. The molecule has 0 unspecified atom stereocenters. The van der Waals surface area contributed by atoms with Crippen LogP contribution in [0.15, 0.2) is 11.0 Å². The van der Waals surface area contributed by atoms with Gasteiger partial charge in [0.05, 0.1) is 10.4 Å². The van der Waals surface area contributed by atoms with Crippen molar-refractivity contribution in [3.8, 4) is 0 Å². The molecule has 1 saturated heterocycles. The van der Waals surface area contributed by atoms with Gasteiger partial charge in [-0.05, 0) is 31.9 Å². The molecule has 0 radical (unpaired) electrons. The van der Waals surface area contributed by atoms with Crippen molar-refractivity contribution in [1.29, 1.82) is 0 Å². The van der Waals surface area contributed by atoms with E-state index in [0.717, 1.165) is 43.8 Å². The lowest BCUT2D eigenvalue weighted by Crippen LogP contribution is -2.37. The number of hydrogen-bond donors (Lipinski definition) is 2. The van der Waals surface area contributed by atoms with Crippen LogP contribution >= 0.6 is 34.5 Å². The molecule has 1 fully saturated rings. The number of rotatable bonds is 6. The summed E-state index contributed by atoms with van der Waals surface area (Å²) < 4.78 is 27.2. The lowest BCUT2D eigenvalue weighted by Gasteiger charge is -2.29. The van der Waals surface area contributed by atoms with Gasteiger partial charge in [-0.25, -0.2) is 13.1 Å². The zero-order valence-electron chi connectivity index (χ0n) is 11.4. The van der Waals surface area contributed by atoms with Gasteiger partial charge in [0.1, 0.15) is 9.23 Å². The van der Waals surface area contributed by atoms with Crippen molar-refractivity contribution < 1.29 is 13.5 Å². The van der Waals surface area contributed by atoms with Gasteiger partial charge in [0, 0.05) is 19.6 Å². The Labute approximate surface area is 138 Å². The van der Waals surface area contributed by atoms with Crippen LogP contribution in [0.4, 0.5) is 0 Å². The van der Waals surface area contributed by atoms with E-state index in [2.05, 4.69) is 9.62 Å². The van der Waals surface area contributed by atoms with Gasteiger partial charge in [0.15, 0.2) is 0 Å². The van der Waals surface area contributed by atoms with Crippen LogP contribution in [-0.2, 0) is 10.0 Å². The second-order valence-corrected chi connectivity index (χ2v) is 9.03. The number of likely N-dealkylation sites (tertiary alicyclic amines) is 1. The van der Waals surface area contributed by atoms with Crippen molar-refractivity contribution in [3.05, 3.63) is 14.7 Å². The van der Waals surface area contributed by atoms with Gasteiger partial charge in [0.25, 0.3) is 0 Å². The number of hydrogen-bond acceptors (Lipinski definition) is 5. The fraction of sp³-hybridized carbons (Fsp3) is 0.667. The number of aliphatic hydroxyl groups excluding tert-OH is 1. The lowest BCUT2D eigenvalue weighted by atomic mass is 10.1. The highest BCUT2D eigenvalue weighted by molar-refractivity contribution is 7.89. The molecule has 1 aliphatic rings. The SMILES string of the molecule is O=S(=O)(NCCCN1CCC(O)CC1)c1cc(Cl)sc1Cl. The van der Waals surface area contributed by atoms with Gasteiger partial charge >= 0.3 is 0 Å². The third-order valence-electron chi connectivity index (χ3n) is 3.42. The number of halogens is 2. The van der Waals surface area contributed by atoms with E-state index in [-0.39, 0.29) is 15.3 Å². The molecule has 0 aliphatic carbocycles. The molecule has 2 rings (SSSR count). The molecule has 2 N–H and O–H groups in total. The summed E-state index contributed by atoms with van der Waals surface area (Å²) in [5.74, 6) is 0. The highest BCUT2D eigenvalue weighted by atomic mass is 35.5. The van der Waals surface area contributed by atoms with Crippen molar-refractivity contribution in [2.45, 2.75) is 30.3 Å². The van der Waals surface area contributed by atoms with E-state index in [1.54, 1.807) is 0 Å². The quantitative estimate of drug-likeness (QED) is 0.750. The second-order valence-electron chi connectivity index (χ2n) is 5.01. The molecular formula is C12H18Cl2N2O3S2. The first-order valence-corrected chi connectivity index (χ1v) is 9.79. The number of sulfonamides is 1. The van der Waals surface area contributed by atoms with Crippen molar-refractivity contribution in [2.75, 3.05) is 26.2 Å². The molecule has 0 spiro atoms. The number of nitrogens with zero attached hydrogens (tertiary/aromatic N) is 1. The van der Waals surface area contributed by atoms with Crippen LogP contribution in [0.2, 0.25) is 8.67 Å². The van der Waals surface area contributed by atoms with E-state index in [1.165, 1.54) is 6.07 Å². The Balaban J connectivity index is 1.76. The van der Waals surface area contributed by atoms with Crippen LogP contribution < -0.4 is 4.72 Å². The largest absolute Gasteiger partial charge is 0.393 e. The van der Waals surface area contributed by atoms with E-state index in [1.807, 2.05) is 0 Å². The van der Waals surface area contributed by atoms with Crippen LogP contribution in [0.5, 0.6) is 0 Å². The fourth-order valence-corrected chi connectivity index (χ4v) is 5.46. The van der Waals surface area contributed by atoms with Gasteiger partial charge in [-0.1, -0.05) is 23.2 Å². The predicted octanol–water partition coefficient (Wildman–Crippen LogP) is 2.18. The van der Waals surface area contributed by atoms with Crippen molar-refractivity contribution in [3.63, 3.8) is 0 Å². The highest BCUT2D eigenvalue weighted by Crippen LogP contribution is 2.33. The number of aliphatic hydroxyl groups is 1. The van der Waals surface area contributed by atoms with E-state index >= 15 is 0 Å². The summed E-state index contributed by atoms with van der Waals surface area (Å²) in [6.07, 6.45) is 2.10. The van der Waals surface area contributed by atoms with Gasteiger partial charge in [-0.15, -0.1) is 11.3 Å². The third kappa shape index (κ3) is 5.06. The Hall–Kier alpha value is 0.110. The van der Waals surface area contributed by atoms with Crippen molar-refractivity contribution in [2.24, 2.45) is 0 Å². The number of piperidine rings is 1. The average molecular weight is 373 g/mol. The minimum Gasteiger partial charge on any atom is -0.393 e. The molecule has 120 valence electrons. The molecule has 0 aromatic carbocycles. The molecule has 2 heterocycles. The Kier molecular flexibility index (Phi) is 6.31. The van der Waals surface area contributed by atoms with Gasteiger partial charge < -0.3 is 10.0 Å². The molecule has 0 saturated carbocycles. The standard InChI is InChI=1S/C12H18Cl2N2O3S2/c13-11-8-10(12(14)20-11)21(18,19)15-4-1-5-16-6-2-9(17)3-7-16/h8-9,15,17H,1-7H2. The van der Waals surface area contributed by atoms with E-state index in [9.17, 15) is 13.5 Å². The molecule has 1 aliphatic heterocycles. The maximum absolute atomic E-state index is 12.1. The first-order valence-electron chi connectivity index (χ1n) is 6.73. The monoisotopic (exact) mass is 372 g/mol. The first kappa shape index (κ1) is 17.5. The van der Waals surface area contributed by atoms with Crippen LogP contribution in [-0.4, -0.2) is 50.7 Å². The molecule has 5 nitrogen and oxygen atoms in total. The number of thiophene rings is 1. The maximum atomic E-state index is 12.1. The fourth-order valence-electron chi connectivity index (χ4n) is 2.24. The summed E-state index contributed by atoms with van der Waals surface area (Å²) in [4.78, 5) is 2.27. The van der Waals surface area contributed by atoms with Crippen LogP contribution in [0.25, 0.3) is 0 Å². The zero-order valence-corrected chi connectivity index (χ0v) is 14.5. The summed E-state index contributed by atoms with van der Waals surface area (Å²) in [6.45, 7) is 2.89. The number of nitrogens with one attached hydrogen (secondary N) is 1. The van der Waals surface area contributed by atoms with Crippen LogP contribution in [0.3, 0.4) is 0 Å². The highest BCUT2D eigenvalue weighted by Gasteiger charge is 2.21. The molecule has 21 heavy (non-hydrogen) atoms. The Morgan fingerprint density at radius 3 is 2.62 bits per heavy atom.